The average Bonchev–Trinajstić information content (AvgIpc) is 2.65. The Morgan fingerprint density at radius 1 is 0.786 bits per heavy atom. The van der Waals surface area contributed by atoms with Crippen molar-refractivity contribution in [3.8, 4) is 0 Å². The normalized spacial score (nSPS) is 12.4. The number of allylic oxidation sites excluding steroid dienone is 2. The van der Waals surface area contributed by atoms with Gasteiger partial charge in [0.05, 0.1) is 6.42 Å². The first-order valence-corrected chi connectivity index (χ1v) is 11.7. The van der Waals surface area contributed by atoms with E-state index in [0.29, 0.717) is 12.8 Å². The fraction of sp³-hybridized carbons (Fsp3) is 0.833. The third kappa shape index (κ3) is 19.4. The highest BCUT2D eigenvalue weighted by molar-refractivity contribution is 5.71. The molecule has 0 radical (unpaired) electrons. The van der Waals surface area contributed by atoms with Gasteiger partial charge in [-0.3, -0.25) is 9.59 Å². The van der Waals surface area contributed by atoms with E-state index >= 15 is 0 Å². The molecule has 0 aliphatic carbocycles. The summed E-state index contributed by atoms with van der Waals surface area (Å²) in [6.45, 7) is 4.40. The molecule has 0 spiro atoms. The van der Waals surface area contributed by atoms with E-state index in [0.717, 1.165) is 44.9 Å². The quantitative estimate of drug-likeness (QED) is 0.134. The Morgan fingerprint density at radius 3 is 1.89 bits per heavy atom. The van der Waals surface area contributed by atoms with Crippen molar-refractivity contribution in [3.63, 3.8) is 0 Å². The molecule has 4 heteroatoms. The number of aliphatic carboxylic acids is 1. The number of esters is 1. The van der Waals surface area contributed by atoms with E-state index in [2.05, 4.69) is 26.0 Å². The molecule has 0 heterocycles. The van der Waals surface area contributed by atoms with E-state index in [9.17, 15) is 9.59 Å². The van der Waals surface area contributed by atoms with Gasteiger partial charge in [0.25, 0.3) is 0 Å². The van der Waals surface area contributed by atoms with Gasteiger partial charge in [-0.1, -0.05) is 77.4 Å². The Balaban J connectivity index is 3.77. The SMILES string of the molecule is CCCCCC/C=C\CCCCCC(=O)OC(CCCCCCC)CC(=O)O. The third-order valence-corrected chi connectivity index (χ3v) is 4.97. The van der Waals surface area contributed by atoms with Gasteiger partial charge in [-0.2, -0.15) is 0 Å². The predicted molar refractivity (Wildman–Crippen MR) is 116 cm³/mol. The van der Waals surface area contributed by atoms with Crippen molar-refractivity contribution in [3.05, 3.63) is 12.2 Å². The fourth-order valence-corrected chi connectivity index (χ4v) is 3.25. The van der Waals surface area contributed by atoms with Crippen molar-refractivity contribution >= 4 is 11.9 Å². The van der Waals surface area contributed by atoms with Crippen molar-refractivity contribution in [1.82, 2.24) is 0 Å². The maximum absolute atomic E-state index is 12.0. The molecule has 0 rings (SSSR count). The third-order valence-electron chi connectivity index (χ3n) is 4.97. The van der Waals surface area contributed by atoms with E-state index in [1.165, 1.54) is 44.9 Å². The van der Waals surface area contributed by atoms with Crippen LogP contribution in [0.3, 0.4) is 0 Å². The number of rotatable bonds is 20. The molecular weight excluding hydrogens is 352 g/mol. The zero-order valence-corrected chi connectivity index (χ0v) is 18.4. The summed E-state index contributed by atoms with van der Waals surface area (Å²) in [5.41, 5.74) is 0. The second-order valence-corrected chi connectivity index (χ2v) is 7.83. The zero-order chi connectivity index (χ0) is 20.9. The molecule has 0 aliphatic rings. The van der Waals surface area contributed by atoms with Crippen LogP contribution in [0.1, 0.15) is 123 Å². The molecule has 1 N–H and O–H groups in total. The number of hydrogen-bond acceptors (Lipinski definition) is 3. The number of ether oxygens (including phenoxy) is 1. The van der Waals surface area contributed by atoms with E-state index in [1.54, 1.807) is 0 Å². The minimum absolute atomic E-state index is 0.0808. The first-order valence-electron chi connectivity index (χ1n) is 11.7. The molecule has 164 valence electrons. The van der Waals surface area contributed by atoms with Crippen molar-refractivity contribution in [2.24, 2.45) is 0 Å². The molecule has 28 heavy (non-hydrogen) atoms. The Kier molecular flexibility index (Phi) is 19.5. The highest BCUT2D eigenvalue weighted by atomic mass is 16.5. The molecular formula is C24H44O4. The number of carboxylic acids is 1. The summed E-state index contributed by atoms with van der Waals surface area (Å²) in [7, 11) is 0. The first-order chi connectivity index (χ1) is 13.6. The van der Waals surface area contributed by atoms with Crippen LogP contribution in [-0.2, 0) is 14.3 Å². The monoisotopic (exact) mass is 396 g/mol. The maximum atomic E-state index is 12.0. The van der Waals surface area contributed by atoms with Gasteiger partial charge < -0.3 is 9.84 Å². The largest absolute Gasteiger partial charge is 0.481 e. The summed E-state index contributed by atoms with van der Waals surface area (Å²) < 4.78 is 5.43. The van der Waals surface area contributed by atoms with E-state index in [4.69, 9.17) is 9.84 Å². The Morgan fingerprint density at radius 2 is 1.32 bits per heavy atom. The first kappa shape index (κ1) is 26.7. The van der Waals surface area contributed by atoms with Crippen LogP contribution in [0, 0.1) is 0 Å². The molecule has 0 aliphatic heterocycles. The molecule has 0 bridgehead atoms. The molecule has 0 aromatic heterocycles. The summed E-state index contributed by atoms with van der Waals surface area (Å²) in [4.78, 5) is 23.0. The molecule has 0 saturated carbocycles. The summed E-state index contributed by atoms with van der Waals surface area (Å²) in [5, 5.41) is 9.02. The summed E-state index contributed by atoms with van der Waals surface area (Å²) in [5.74, 6) is -1.14. The highest BCUT2D eigenvalue weighted by Gasteiger charge is 2.17. The van der Waals surface area contributed by atoms with Gasteiger partial charge in [-0.05, 0) is 44.9 Å². The highest BCUT2D eigenvalue weighted by Crippen LogP contribution is 2.14. The van der Waals surface area contributed by atoms with Gasteiger partial charge >= 0.3 is 11.9 Å². The Bertz CT molecular complexity index is 403. The summed E-state index contributed by atoms with van der Waals surface area (Å²) >= 11 is 0. The van der Waals surface area contributed by atoms with Crippen molar-refractivity contribution < 1.29 is 19.4 Å². The van der Waals surface area contributed by atoms with Crippen molar-refractivity contribution in [1.29, 1.82) is 0 Å². The molecule has 0 fully saturated rings. The number of carboxylic acid groups (broad SMARTS) is 1. The number of unbranched alkanes of at least 4 members (excludes halogenated alkanes) is 11. The van der Waals surface area contributed by atoms with Crippen LogP contribution >= 0.6 is 0 Å². The van der Waals surface area contributed by atoms with Crippen molar-refractivity contribution in [2.75, 3.05) is 0 Å². The van der Waals surface area contributed by atoms with E-state index in [1.807, 2.05) is 0 Å². The lowest BCUT2D eigenvalue weighted by molar-refractivity contribution is -0.153. The topological polar surface area (TPSA) is 63.6 Å². The predicted octanol–water partition coefficient (Wildman–Crippen LogP) is 7.21. The van der Waals surface area contributed by atoms with Gasteiger partial charge in [0.15, 0.2) is 0 Å². The van der Waals surface area contributed by atoms with Crippen LogP contribution in [0.15, 0.2) is 12.2 Å². The minimum atomic E-state index is -0.896. The lowest BCUT2D eigenvalue weighted by Crippen LogP contribution is -2.21. The molecule has 0 aromatic rings. The zero-order valence-electron chi connectivity index (χ0n) is 18.4. The number of carbonyl (C=O) groups is 2. The van der Waals surface area contributed by atoms with Crippen LogP contribution in [0.4, 0.5) is 0 Å². The van der Waals surface area contributed by atoms with Crippen LogP contribution < -0.4 is 0 Å². The molecule has 1 atom stereocenters. The fourth-order valence-electron chi connectivity index (χ4n) is 3.25. The van der Waals surface area contributed by atoms with Crippen molar-refractivity contribution in [2.45, 2.75) is 129 Å². The second-order valence-electron chi connectivity index (χ2n) is 7.83. The Hall–Kier alpha value is -1.32. The van der Waals surface area contributed by atoms with Crippen LogP contribution in [0.5, 0.6) is 0 Å². The van der Waals surface area contributed by atoms with Crippen LogP contribution in [0.25, 0.3) is 0 Å². The molecule has 0 aromatic carbocycles. The molecule has 4 nitrogen and oxygen atoms in total. The lowest BCUT2D eigenvalue weighted by Gasteiger charge is -2.16. The van der Waals surface area contributed by atoms with E-state index < -0.39 is 12.1 Å². The van der Waals surface area contributed by atoms with Gasteiger partial charge in [0, 0.05) is 6.42 Å². The van der Waals surface area contributed by atoms with Crippen LogP contribution in [-0.4, -0.2) is 23.1 Å². The number of carbonyl (C=O) groups excluding carboxylic acids is 1. The standard InChI is InChI=1S/C24H44O4/c1-3-5-7-9-10-11-12-13-14-16-18-20-24(27)28-22(21-23(25)26)19-17-15-8-6-4-2/h11-12,22H,3-10,13-21H2,1-2H3,(H,25,26)/b12-11-. The molecule has 1 unspecified atom stereocenters. The Labute approximate surface area is 173 Å². The minimum Gasteiger partial charge on any atom is -0.481 e. The smallest absolute Gasteiger partial charge is 0.307 e. The maximum Gasteiger partial charge on any atom is 0.307 e. The number of hydrogen-bond donors (Lipinski definition) is 1. The average molecular weight is 397 g/mol. The van der Waals surface area contributed by atoms with Gasteiger partial charge in [-0.25, -0.2) is 0 Å². The van der Waals surface area contributed by atoms with Gasteiger partial charge in [0.1, 0.15) is 6.10 Å². The second kappa shape index (κ2) is 20.4. The van der Waals surface area contributed by atoms with Gasteiger partial charge in [-0.15, -0.1) is 0 Å². The molecule has 0 amide bonds. The van der Waals surface area contributed by atoms with Gasteiger partial charge in [0.2, 0.25) is 0 Å². The summed E-state index contributed by atoms with van der Waals surface area (Å²) in [6.07, 6.45) is 21.0. The molecule has 0 saturated heterocycles. The van der Waals surface area contributed by atoms with E-state index in [-0.39, 0.29) is 12.4 Å². The lowest BCUT2D eigenvalue weighted by atomic mass is 10.1. The van der Waals surface area contributed by atoms with Crippen LogP contribution in [0.2, 0.25) is 0 Å². The summed E-state index contributed by atoms with van der Waals surface area (Å²) in [6, 6.07) is 0.